The predicted molar refractivity (Wildman–Crippen MR) is 37.3 cm³/mol. The second kappa shape index (κ2) is 3.18. The number of hydrogen-bond acceptors (Lipinski definition) is 2. The number of aliphatic hydroxyl groups excluding tert-OH is 1. The van der Waals surface area contributed by atoms with Crippen LogP contribution in [-0.4, -0.2) is 24.3 Å². The van der Waals surface area contributed by atoms with Gasteiger partial charge in [0.1, 0.15) is 0 Å². The maximum atomic E-state index is 8.71. The quantitative estimate of drug-likeness (QED) is 0.536. The molecule has 0 spiro atoms. The molecule has 0 bridgehead atoms. The molecule has 2 atom stereocenters. The van der Waals surface area contributed by atoms with Crippen molar-refractivity contribution in [3.05, 3.63) is 0 Å². The first-order chi connectivity index (χ1) is 4.33. The predicted octanol–water partition coefficient (Wildman–Crippen LogP) is 0.367. The van der Waals surface area contributed by atoms with Gasteiger partial charge in [0.05, 0.1) is 6.61 Å². The Morgan fingerprint density at radius 2 is 2.33 bits per heavy atom. The van der Waals surface area contributed by atoms with Crippen LogP contribution in [-0.2, 0) is 0 Å². The van der Waals surface area contributed by atoms with E-state index in [9.17, 15) is 0 Å². The average Bonchev–Trinajstić information content (AvgIpc) is 1.90. The lowest BCUT2D eigenvalue weighted by molar-refractivity contribution is 0.203. The van der Waals surface area contributed by atoms with E-state index in [2.05, 4.69) is 12.2 Å². The Bertz CT molecular complexity index is 77.0. The Hall–Kier alpha value is -0.0800. The van der Waals surface area contributed by atoms with E-state index in [4.69, 9.17) is 5.11 Å². The largest absolute Gasteiger partial charge is 0.395 e. The highest BCUT2D eigenvalue weighted by Crippen LogP contribution is 2.12. The number of hydrogen-bond donors (Lipinski definition) is 2. The molecule has 54 valence electrons. The molecule has 1 fully saturated rings. The molecule has 0 aromatic carbocycles. The smallest absolute Gasteiger partial charge is 0.0584 e. The van der Waals surface area contributed by atoms with E-state index in [0.29, 0.717) is 12.6 Å². The van der Waals surface area contributed by atoms with Gasteiger partial charge in [-0.1, -0.05) is 6.92 Å². The molecule has 0 aromatic rings. The zero-order valence-electron chi connectivity index (χ0n) is 5.93. The summed E-state index contributed by atoms with van der Waals surface area (Å²) in [6.07, 6.45) is 2.40. The van der Waals surface area contributed by atoms with Gasteiger partial charge in [0.2, 0.25) is 0 Å². The summed E-state index contributed by atoms with van der Waals surface area (Å²) in [7, 11) is 0. The van der Waals surface area contributed by atoms with Crippen molar-refractivity contribution in [3.63, 3.8) is 0 Å². The van der Waals surface area contributed by atoms with Gasteiger partial charge >= 0.3 is 0 Å². The van der Waals surface area contributed by atoms with Crippen LogP contribution in [0, 0.1) is 5.92 Å². The average molecular weight is 129 g/mol. The van der Waals surface area contributed by atoms with Crippen LogP contribution in [0.5, 0.6) is 0 Å². The fourth-order valence-corrected chi connectivity index (χ4v) is 1.21. The van der Waals surface area contributed by atoms with E-state index in [1.54, 1.807) is 0 Å². The first-order valence-electron chi connectivity index (χ1n) is 3.67. The number of aliphatic hydroxyl groups is 1. The molecule has 2 N–H and O–H groups in total. The first kappa shape index (κ1) is 7.03. The van der Waals surface area contributed by atoms with Gasteiger partial charge in [-0.05, 0) is 25.3 Å². The molecule has 0 aliphatic carbocycles. The maximum absolute atomic E-state index is 8.71. The fourth-order valence-electron chi connectivity index (χ4n) is 1.21. The standard InChI is InChI=1S/C7H15NO/c1-6-2-3-7(5-9)8-4-6/h6-9H,2-5H2,1H3/t6?,7-/m1/s1. The molecule has 0 radical (unpaired) electrons. The summed E-state index contributed by atoms with van der Waals surface area (Å²) in [5.41, 5.74) is 0. The van der Waals surface area contributed by atoms with Crippen LogP contribution in [0.25, 0.3) is 0 Å². The number of nitrogens with one attached hydrogen (secondary N) is 1. The van der Waals surface area contributed by atoms with Crippen molar-refractivity contribution in [1.82, 2.24) is 5.32 Å². The molecule has 1 rings (SSSR count). The highest BCUT2D eigenvalue weighted by atomic mass is 16.3. The van der Waals surface area contributed by atoms with Crippen LogP contribution < -0.4 is 5.32 Å². The normalized spacial score (nSPS) is 36.7. The third-order valence-corrected chi connectivity index (χ3v) is 1.98. The Labute approximate surface area is 56.3 Å². The Balaban J connectivity index is 2.18. The summed E-state index contributed by atoms with van der Waals surface area (Å²) in [4.78, 5) is 0. The van der Waals surface area contributed by atoms with Crippen LogP contribution in [0.2, 0.25) is 0 Å². The molecule has 1 aliphatic rings. The van der Waals surface area contributed by atoms with Gasteiger partial charge in [0, 0.05) is 6.04 Å². The molecule has 0 amide bonds. The van der Waals surface area contributed by atoms with Crippen molar-refractivity contribution in [1.29, 1.82) is 0 Å². The summed E-state index contributed by atoms with van der Waals surface area (Å²) in [5.74, 6) is 0.799. The van der Waals surface area contributed by atoms with Gasteiger partial charge in [0.25, 0.3) is 0 Å². The molecule has 9 heavy (non-hydrogen) atoms. The molecule has 0 saturated carbocycles. The summed E-state index contributed by atoms with van der Waals surface area (Å²) in [6.45, 7) is 3.61. The van der Waals surface area contributed by atoms with Crippen molar-refractivity contribution in [3.8, 4) is 0 Å². The number of rotatable bonds is 1. The minimum atomic E-state index is 0.298. The van der Waals surface area contributed by atoms with Crippen LogP contribution >= 0.6 is 0 Å². The van der Waals surface area contributed by atoms with Crippen LogP contribution in [0.3, 0.4) is 0 Å². The van der Waals surface area contributed by atoms with Gasteiger partial charge in [-0.2, -0.15) is 0 Å². The van der Waals surface area contributed by atoms with Gasteiger partial charge in [0.15, 0.2) is 0 Å². The van der Waals surface area contributed by atoms with Crippen LogP contribution in [0.1, 0.15) is 19.8 Å². The second-order valence-electron chi connectivity index (χ2n) is 2.97. The summed E-state index contributed by atoms with van der Waals surface area (Å²) >= 11 is 0. The van der Waals surface area contributed by atoms with Gasteiger partial charge < -0.3 is 10.4 Å². The van der Waals surface area contributed by atoms with E-state index in [1.807, 2.05) is 0 Å². The molecule has 0 aromatic heterocycles. The fraction of sp³-hybridized carbons (Fsp3) is 1.00. The van der Waals surface area contributed by atoms with E-state index in [1.165, 1.54) is 6.42 Å². The zero-order valence-corrected chi connectivity index (χ0v) is 5.93. The van der Waals surface area contributed by atoms with Gasteiger partial charge in [-0.15, -0.1) is 0 Å². The summed E-state index contributed by atoms with van der Waals surface area (Å²) < 4.78 is 0. The minimum Gasteiger partial charge on any atom is -0.395 e. The van der Waals surface area contributed by atoms with Crippen molar-refractivity contribution in [2.45, 2.75) is 25.8 Å². The Morgan fingerprint density at radius 3 is 2.78 bits per heavy atom. The summed E-state index contributed by atoms with van der Waals surface area (Å²) in [6, 6.07) is 0.376. The molecule has 1 unspecified atom stereocenters. The molecular formula is C7H15NO. The zero-order chi connectivity index (χ0) is 6.69. The minimum absolute atomic E-state index is 0.298. The van der Waals surface area contributed by atoms with Crippen LogP contribution in [0.4, 0.5) is 0 Å². The Kier molecular flexibility index (Phi) is 2.49. The monoisotopic (exact) mass is 129 g/mol. The molecule has 1 aliphatic heterocycles. The first-order valence-corrected chi connectivity index (χ1v) is 3.67. The van der Waals surface area contributed by atoms with Crippen molar-refractivity contribution < 1.29 is 5.11 Å². The van der Waals surface area contributed by atoms with Crippen molar-refractivity contribution in [2.75, 3.05) is 13.2 Å². The van der Waals surface area contributed by atoms with Crippen LogP contribution in [0.15, 0.2) is 0 Å². The van der Waals surface area contributed by atoms with Crippen molar-refractivity contribution >= 4 is 0 Å². The third kappa shape index (κ3) is 1.95. The molecule has 2 heteroatoms. The highest BCUT2D eigenvalue weighted by molar-refractivity contribution is 4.74. The van der Waals surface area contributed by atoms with E-state index in [-0.39, 0.29) is 0 Å². The van der Waals surface area contributed by atoms with E-state index < -0.39 is 0 Å². The molecular weight excluding hydrogens is 114 g/mol. The third-order valence-electron chi connectivity index (χ3n) is 1.98. The lowest BCUT2D eigenvalue weighted by atomic mass is 9.97. The van der Waals surface area contributed by atoms with E-state index in [0.717, 1.165) is 18.9 Å². The maximum Gasteiger partial charge on any atom is 0.0584 e. The number of piperidine rings is 1. The topological polar surface area (TPSA) is 32.3 Å². The molecule has 2 nitrogen and oxygen atoms in total. The van der Waals surface area contributed by atoms with Crippen molar-refractivity contribution in [2.24, 2.45) is 5.92 Å². The summed E-state index contributed by atoms with van der Waals surface area (Å²) in [5, 5.41) is 12.0. The molecule has 1 heterocycles. The SMILES string of the molecule is CC1CC[C@H](CO)NC1. The van der Waals surface area contributed by atoms with Gasteiger partial charge in [-0.25, -0.2) is 0 Å². The highest BCUT2D eigenvalue weighted by Gasteiger charge is 2.15. The van der Waals surface area contributed by atoms with Gasteiger partial charge in [-0.3, -0.25) is 0 Å². The molecule has 1 saturated heterocycles. The Morgan fingerprint density at radius 1 is 1.56 bits per heavy atom. The van der Waals surface area contributed by atoms with E-state index >= 15 is 0 Å². The lowest BCUT2D eigenvalue weighted by Gasteiger charge is -2.25. The lowest BCUT2D eigenvalue weighted by Crippen LogP contribution is -2.40. The second-order valence-corrected chi connectivity index (χ2v) is 2.97.